The summed E-state index contributed by atoms with van der Waals surface area (Å²) >= 11 is 0. The van der Waals surface area contributed by atoms with Gasteiger partial charge in [-0.25, -0.2) is 9.97 Å². The summed E-state index contributed by atoms with van der Waals surface area (Å²) in [6.07, 6.45) is -7.24. The van der Waals surface area contributed by atoms with Crippen LogP contribution in [0.25, 0.3) is 11.4 Å². The number of hydrogen-bond donors (Lipinski definition) is 0. The third kappa shape index (κ3) is 4.49. The quantitative estimate of drug-likeness (QED) is 0.502. The smallest absolute Gasteiger partial charge is 0.236 e. The highest BCUT2D eigenvalue weighted by Crippen LogP contribution is 2.31. The molecule has 0 saturated heterocycles. The minimum absolute atomic E-state index is 0.145. The normalized spacial score (nSPS) is 12.2. The van der Waals surface area contributed by atoms with Gasteiger partial charge in [-0.2, -0.15) is 26.3 Å². The van der Waals surface area contributed by atoms with Crippen LogP contribution in [0.3, 0.4) is 0 Å². The molecule has 0 bridgehead atoms. The fourth-order valence-electron chi connectivity index (χ4n) is 2.65. The number of aryl methyl sites for hydroxylation is 1. The van der Waals surface area contributed by atoms with Crippen LogP contribution in [0.4, 0.5) is 26.3 Å². The average molecular weight is 396 g/mol. The van der Waals surface area contributed by atoms with Crippen LogP contribution in [0.5, 0.6) is 0 Å². The summed E-state index contributed by atoms with van der Waals surface area (Å²) in [5.74, 6) is 0.210. The molecule has 0 aliphatic carbocycles. The summed E-state index contributed by atoms with van der Waals surface area (Å²) in [4.78, 5) is 8.48. The number of rotatable bonds is 3. The third-order valence-corrected chi connectivity index (χ3v) is 4.17. The number of aromatic nitrogens is 2. The Bertz CT molecular complexity index is 975. The molecule has 8 heteroatoms. The molecule has 3 rings (SSSR count). The fraction of sp³-hybridized carbons (Fsp3) is 0.200. The van der Waals surface area contributed by atoms with Crippen LogP contribution in [-0.4, -0.2) is 9.97 Å². The van der Waals surface area contributed by atoms with E-state index >= 15 is 0 Å². The lowest BCUT2D eigenvalue weighted by molar-refractivity contribution is -0.138. The highest BCUT2D eigenvalue weighted by molar-refractivity contribution is 5.56. The molecule has 1 aromatic heterocycles. The SMILES string of the molecule is Cc1cnc(-c2ccc(C(F)(F)F)cc2)nc1Cc1cccc(C(F)(F)F)c1. The summed E-state index contributed by atoms with van der Waals surface area (Å²) in [7, 11) is 0. The Morgan fingerprint density at radius 2 is 1.46 bits per heavy atom. The fourth-order valence-corrected chi connectivity index (χ4v) is 2.65. The minimum Gasteiger partial charge on any atom is -0.236 e. The summed E-state index contributed by atoms with van der Waals surface area (Å²) in [5.41, 5.74) is 0.456. The molecule has 3 aromatic rings. The van der Waals surface area contributed by atoms with E-state index in [0.29, 0.717) is 22.4 Å². The largest absolute Gasteiger partial charge is 0.416 e. The molecular formula is C20H14F6N2. The first-order chi connectivity index (χ1) is 13.0. The van der Waals surface area contributed by atoms with E-state index in [0.717, 1.165) is 24.3 Å². The van der Waals surface area contributed by atoms with Gasteiger partial charge in [-0.1, -0.05) is 30.3 Å². The number of hydrogen-bond acceptors (Lipinski definition) is 2. The van der Waals surface area contributed by atoms with Crippen molar-refractivity contribution >= 4 is 0 Å². The van der Waals surface area contributed by atoms with E-state index in [-0.39, 0.29) is 12.2 Å². The molecule has 0 atom stereocenters. The molecule has 0 spiro atoms. The van der Waals surface area contributed by atoms with Crippen molar-refractivity contribution in [1.29, 1.82) is 0 Å². The number of alkyl halides is 6. The summed E-state index contributed by atoms with van der Waals surface area (Å²) in [6.45, 7) is 1.72. The highest BCUT2D eigenvalue weighted by atomic mass is 19.4. The molecular weight excluding hydrogens is 382 g/mol. The van der Waals surface area contributed by atoms with Gasteiger partial charge in [-0.05, 0) is 36.2 Å². The maximum absolute atomic E-state index is 12.9. The number of benzene rings is 2. The average Bonchev–Trinajstić information content (AvgIpc) is 2.62. The lowest BCUT2D eigenvalue weighted by Crippen LogP contribution is -2.06. The van der Waals surface area contributed by atoms with Crippen LogP contribution in [0.1, 0.15) is 27.9 Å². The van der Waals surface area contributed by atoms with E-state index in [2.05, 4.69) is 9.97 Å². The van der Waals surface area contributed by atoms with Crippen molar-refractivity contribution in [3.05, 3.63) is 82.7 Å². The Balaban J connectivity index is 1.90. The zero-order valence-corrected chi connectivity index (χ0v) is 14.6. The van der Waals surface area contributed by atoms with E-state index < -0.39 is 23.5 Å². The predicted octanol–water partition coefficient (Wildman–Crippen LogP) is 6.08. The molecule has 0 unspecified atom stereocenters. The third-order valence-electron chi connectivity index (χ3n) is 4.17. The van der Waals surface area contributed by atoms with Crippen LogP contribution in [0, 0.1) is 6.92 Å². The van der Waals surface area contributed by atoms with Gasteiger partial charge in [-0.3, -0.25) is 0 Å². The molecule has 2 aromatic carbocycles. The molecule has 0 aliphatic rings. The topological polar surface area (TPSA) is 25.8 Å². The van der Waals surface area contributed by atoms with E-state index in [1.165, 1.54) is 24.4 Å². The van der Waals surface area contributed by atoms with Crippen molar-refractivity contribution in [2.75, 3.05) is 0 Å². The van der Waals surface area contributed by atoms with Gasteiger partial charge in [-0.15, -0.1) is 0 Å². The first kappa shape index (κ1) is 19.9. The molecule has 0 amide bonds. The van der Waals surface area contributed by atoms with Gasteiger partial charge in [0.15, 0.2) is 5.82 Å². The molecule has 0 fully saturated rings. The Labute approximate surface area is 156 Å². The molecule has 0 N–H and O–H groups in total. The van der Waals surface area contributed by atoms with Crippen molar-refractivity contribution in [1.82, 2.24) is 9.97 Å². The first-order valence-electron chi connectivity index (χ1n) is 8.20. The van der Waals surface area contributed by atoms with Gasteiger partial charge in [0.05, 0.1) is 16.8 Å². The number of nitrogens with zero attached hydrogens (tertiary/aromatic N) is 2. The van der Waals surface area contributed by atoms with E-state index in [1.807, 2.05) is 0 Å². The van der Waals surface area contributed by atoms with Gasteiger partial charge in [0.2, 0.25) is 0 Å². The van der Waals surface area contributed by atoms with E-state index in [4.69, 9.17) is 0 Å². The van der Waals surface area contributed by atoms with Crippen molar-refractivity contribution in [3.63, 3.8) is 0 Å². The molecule has 1 heterocycles. The van der Waals surface area contributed by atoms with Crippen LogP contribution < -0.4 is 0 Å². The summed E-state index contributed by atoms with van der Waals surface area (Å²) < 4.78 is 76.7. The van der Waals surface area contributed by atoms with Crippen molar-refractivity contribution in [2.24, 2.45) is 0 Å². The van der Waals surface area contributed by atoms with Crippen molar-refractivity contribution < 1.29 is 26.3 Å². The minimum atomic E-state index is -4.44. The predicted molar refractivity (Wildman–Crippen MR) is 91.5 cm³/mol. The van der Waals surface area contributed by atoms with Gasteiger partial charge < -0.3 is 0 Å². The maximum atomic E-state index is 12.9. The number of halogens is 6. The van der Waals surface area contributed by atoms with E-state index in [9.17, 15) is 26.3 Å². The lowest BCUT2D eigenvalue weighted by atomic mass is 10.0. The van der Waals surface area contributed by atoms with Gasteiger partial charge >= 0.3 is 12.4 Å². The molecule has 0 saturated carbocycles. The second kappa shape index (κ2) is 7.26. The van der Waals surface area contributed by atoms with Crippen LogP contribution in [0.2, 0.25) is 0 Å². The first-order valence-corrected chi connectivity index (χ1v) is 8.20. The summed E-state index contributed by atoms with van der Waals surface area (Å²) in [5, 5.41) is 0. The monoisotopic (exact) mass is 396 g/mol. The molecule has 28 heavy (non-hydrogen) atoms. The second-order valence-electron chi connectivity index (χ2n) is 6.27. The Morgan fingerprint density at radius 3 is 2.07 bits per heavy atom. The zero-order chi connectivity index (χ0) is 20.5. The highest BCUT2D eigenvalue weighted by Gasteiger charge is 2.31. The zero-order valence-electron chi connectivity index (χ0n) is 14.6. The Hall–Kier alpha value is -2.90. The Morgan fingerprint density at radius 1 is 0.821 bits per heavy atom. The summed E-state index contributed by atoms with van der Waals surface area (Å²) in [6, 6.07) is 9.34. The molecule has 0 aliphatic heterocycles. The lowest BCUT2D eigenvalue weighted by Gasteiger charge is -2.11. The van der Waals surface area contributed by atoms with Crippen LogP contribution in [-0.2, 0) is 18.8 Å². The standard InChI is InChI=1S/C20H14F6N2/c1-12-11-27-18(14-5-7-15(8-6-14)19(21,22)23)28-17(12)10-13-3-2-4-16(9-13)20(24,25)26/h2-9,11H,10H2,1H3. The van der Waals surface area contributed by atoms with Crippen molar-refractivity contribution in [2.45, 2.75) is 25.7 Å². The molecule has 0 radical (unpaired) electrons. The Kier molecular flexibility index (Phi) is 5.14. The molecule has 146 valence electrons. The van der Waals surface area contributed by atoms with Crippen LogP contribution in [0.15, 0.2) is 54.7 Å². The van der Waals surface area contributed by atoms with Crippen molar-refractivity contribution in [3.8, 4) is 11.4 Å². The second-order valence-corrected chi connectivity index (χ2v) is 6.27. The van der Waals surface area contributed by atoms with Gasteiger partial charge in [0.25, 0.3) is 0 Å². The van der Waals surface area contributed by atoms with Gasteiger partial charge in [0, 0.05) is 18.2 Å². The van der Waals surface area contributed by atoms with E-state index in [1.54, 1.807) is 13.0 Å². The van der Waals surface area contributed by atoms with Crippen LogP contribution >= 0.6 is 0 Å². The van der Waals surface area contributed by atoms with Gasteiger partial charge in [0.1, 0.15) is 0 Å². The maximum Gasteiger partial charge on any atom is 0.416 e. The molecule has 2 nitrogen and oxygen atoms in total.